The van der Waals surface area contributed by atoms with Crippen LogP contribution < -0.4 is 10.1 Å². The molecular formula is C28H24ClN3O5. The van der Waals surface area contributed by atoms with Gasteiger partial charge in [0.1, 0.15) is 5.75 Å². The van der Waals surface area contributed by atoms with Gasteiger partial charge in [0.25, 0.3) is 5.91 Å². The lowest BCUT2D eigenvalue weighted by atomic mass is 10.0. The monoisotopic (exact) mass is 517 g/mol. The molecule has 0 fully saturated rings. The van der Waals surface area contributed by atoms with Crippen LogP contribution in [-0.4, -0.2) is 55.0 Å². The van der Waals surface area contributed by atoms with Crippen molar-refractivity contribution in [1.29, 1.82) is 0 Å². The van der Waals surface area contributed by atoms with E-state index in [1.807, 2.05) is 18.2 Å². The summed E-state index contributed by atoms with van der Waals surface area (Å²) < 4.78 is 10.5. The van der Waals surface area contributed by atoms with Crippen molar-refractivity contribution in [2.45, 2.75) is 0 Å². The van der Waals surface area contributed by atoms with Gasteiger partial charge in [-0.2, -0.15) is 0 Å². The summed E-state index contributed by atoms with van der Waals surface area (Å²) in [6, 6.07) is 22.9. The van der Waals surface area contributed by atoms with Crippen LogP contribution in [0.3, 0.4) is 0 Å². The van der Waals surface area contributed by atoms with Crippen LogP contribution in [0.1, 0.15) is 10.4 Å². The molecule has 1 aromatic heterocycles. The van der Waals surface area contributed by atoms with Gasteiger partial charge in [-0.3, -0.25) is 9.59 Å². The number of pyridine rings is 1. The van der Waals surface area contributed by atoms with Crippen molar-refractivity contribution in [3.8, 4) is 17.0 Å². The first-order valence-electron chi connectivity index (χ1n) is 11.4. The molecular weight excluding hydrogens is 494 g/mol. The number of likely N-dealkylation sites (N-methyl/N-ethyl adjacent to an activating group) is 1. The van der Waals surface area contributed by atoms with E-state index in [1.54, 1.807) is 67.8 Å². The van der Waals surface area contributed by atoms with Gasteiger partial charge in [0.05, 0.1) is 41.1 Å². The van der Waals surface area contributed by atoms with Crippen LogP contribution in [0.5, 0.6) is 5.75 Å². The van der Waals surface area contributed by atoms with Gasteiger partial charge in [0, 0.05) is 18.0 Å². The van der Waals surface area contributed by atoms with Gasteiger partial charge in [-0.1, -0.05) is 41.9 Å². The number of benzene rings is 3. The molecule has 9 heteroatoms. The van der Waals surface area contributed by atoms with Gasteiger partial charge in [-0.05, 0) is 48.5 Å². The second-order valence-corrected chi connectivity index (χ2v) is 8.56. The molecule has 0 unspecified atom stereocenters. The Labute approximate surface area is 218 Å². The number of amides is 2. The Bertz CT molecular complexity index is 1460. The molecule has 0 radical (unpaired) electrons. The van der Waals surface area contributed by atoms with Gasteiger partial charge in [0.2, 0.25) is 5.91 Å². The molecule has 2 amide bonds. The summed E-state index contributed by atoms with van der Waals surface area (Å²) in [6.45, 7) is -0.759. The van der Waals surface area contributed by atoms with Crippen LogP contribution in [0.2, 0.25) is 5.02 Å². The van der Waals surface area contributed by atoms with Gasteiger partial charge < -0.3 is 19.7 Å². The highest BCUT2D eigenvalue weighted by Crippen LogP contribution is 2.27. The van der Waals surface area contributed by atoms with Crippen LogP contribution in [-0.2, 0) is 14.3 Å². The number of esters is 1. The lowest BCUT2D eigenvalue weighted by Crippen LogP contribution is -2.37. The molecule has 4 rings (SSSR count). The summed E-state index contributed by atoms with van der Waals surface area (Å²) in [5.74, 6) is -0.932. The third kappa shape index (κ3) is 6.23. The van der Waals surface area contributed by atoms with Crippen molar-refractivity contribution in [1.82, 2.24) is 9.88 Å². The van der Waals surface area contributed by atoms with E-state index in [0.717, 1.165) is 5.56 Å². The number of aromatic nitrogens is 1. The zero-order valence-corrected chi connectivity index (χ0v) is 21.0. The lowest BCUT2D eigenvalue weighted by Gasteiger charge is -2.17. The first-order chi connectivity index (χ1) is 17.9. The smallest absolute Gasteiger partial charge is 0.339 e. The van der Waals surface area contributed by atoms with Crippen LogP contribution in [0.4, 0.5) is 5.69 Å². The van der Waals surface area contributed by atoms with Gasteiger partial charge in [0.15, 0.2) is 6.61 Å². The zero-order valence-electron chi connectivity index (χ0n) is 20.2. The number of carbonyl (C=O) groups is 3. The SMILES string of the molecule is COc1ccc(-c2cc(C(=O)OCC(=O)N(C)CC(=O)Nc3ccccc3Cl)c3ccccc3n2)cc1. The Hall–Kier alpha value is -4.43. The highest BCUT2D eigenvalue weighted by Gasteiger charge is 2.19. The first kappa shape index (κ1) is 25.7. The Morgan fingerprint density at radius 3 is 2.41 bits per heavy atom. The minimum atomic E-state index is -0.671. The second-order valence-electron chi connectivity index (χ2n) is 8.15. The van der Waals surface area contributed by atoms with Crippen LogP contribution >= 0.6 is 11.6 Å². The van der Waals surface area contributed by atoms with Crippen molar-refractivity contribution in [2.24, 2.45) is 0 Å². The Morgan fingerprint density at radius 2 is 1.68 bits per heavy atom. The van der Waals surface area contributed by atoms with E-state index in [-0.39, 0.29) is 12.1 Å². The molecule has 0 saturated heterocycles. The average molecular weight is 518 g/mol. The minimum Gasteiger partial charge on any atom is -0.497 e. The Kier molecular flexibility index (Phi) is 8.00. The highest BCUT2D eigenvalue weighted by atomic mass is 35.5. The molecule has 8 nitrogen and oxygen atoms in total. The minimum absolute atomic E-state index is 0.235. The fourth-order valence-corrected chi connectivity index (χ4v) is 3.81. The predicted molar refractivity (Wildman–Crippen MR) is 142 cm³/mol. The summed E-state index contributed by atoms with van der Waals surface area (Å²) in [4.78, 5) is 43.7. The van der Waals surface area contributed by atoms with Crippen LogP contribution in [0, 0.1) is 0 Å². The van der Waals surface area contributed by atoms with E-state index in [2.05, 4.69) is 10.3 Å². The Balaban J connectivity index is 1.45. The number of hydrogen-bond donors (Lipinski definition) is 1. The molecule has 0 bridgehead atoms. The summed E-state index contributed by atoms with van der Waals surface area (Å²) in [5.41, 5.74) is 2.71. The van der Waals surface area contributed by atoms with Crippen molar-refractivity contribution < 1.29 is 23.9 Å². The van der Waals surface area contributed by atoms with Crippen LogP contribution in [0.25, 0.3) is 22.2 Å². The summed E-state index contributed by atoms with van der Waals surface area (Å²) in [5, 5.41) is 3.64. The topological polar surface area (TPSA) is 97.8 Å². The number of halogens is 1. The summed E-state index contributed by atoms with van der Waals surface area (Å²) in [6.07, 6.45) is 0. The molecule has 4 aromatic rings. The van der Waals surface area contributed by atoms with Crippen molar-refractivity contribution in [3.63, 3.8) is 0 Å². The number of nitrogens with one attached hydrogen (secondary N) is 1. The fourth-order valence-electron chi connectivity index (χ4n) is 3.63. The molecule has 0 aliphatic heterocycles. The molecule has 0 aliphatic carbocycles. The third-order valence-electron chi connectivity index (χ3n) is 5.60. The zero-order chi connectivity index (χ0) is 26.4. The predicted octanol–water partition coefficient (Wildman–Crippen LogP) is 4.82. The maximum Gasteiger partial charge on any atom is 0.339 e. The molecule has 0 saturated carbocycles. The average Bonchev–Trinajstić information content (AvgIpc) is 2.92. The van der Waals surface area contributed by atoms with Gasteiger partial charge in [-0.15, -0.1) is 0 Å². The molecule has 0 spiro atoms. The normalized spacial score (nSPS) is 10.6. The molecule has 188 valence electrons. The molecule has 37 heavy (non-hydrogen) atoms. The summed E-state index contributed by atoms with van der Waals surface area (Å²) in [7, 11) is 3.04. The van der Waals surface area contributed by atoms with Crippen LogP contribution in [0.15, 0.2) is 78.9 Å². The van der Waals surface area contributed by atoms with E-state index in [0.29, 0.717) is 33.1 Å². The summed E-state index contributed by atoms with van der Waals surface area (Å²) >= 11 is 6.05. The molecule has 0 atom stereocenters. The molecule has 0 aliphatic rings. The van der Waals surface area contributed by atoms with Gasteiger partial charge >= 0.3 is 5.97 Å². The van der Waals surface area contributed by atoms with Gasteiger partial charge in [-0.25, -0.2) is 9.78 Å². The number of para-hydroxylation sites is 2. The lowest BCUT2D eigenvalue weighted by molar-refractivity contribution is -0.136. The molecule has 1 heterocycles. The molecule has 3 aromatic carbocycles. The number of rotatable bonds is 8. The number of anilines is 1. The maximum absolute atomic E-state index is 13.0. The van der Waals surface area contributed by atoms with E-state index < -0.39 is 24.4 Å². The van der Waals surface area contributed by atoms with Crippen molar-refractivity contribution >= 4 is 46.0 Å². The number of nitrogens with zero attached hydrogens (tertiary/aromatic N) is 2. The van der Waals surface area contributed by atoms with E-state index in [4.69, 9.17) is 21.1 Å². The largest absolute Gasteiger partial charge is 0.497 e. The Morgan fingerprint density at radius 1 is 0.973 bits per heavy atom. The number of carbonyl (C=O) groups excluding carboxylic acids is 3. The quantitative estimate of drug-likeness (QED) is 0.337. The number of ether oxygens (including phenoxy) is 2. The maximum atomic E-state index is 13.0. The van der Waals surface area contributed by atoms with E-state index in [1.165, 1.54) is 11.9 Å². The second kappa shape index (κ2) is 11.5. The van der Waals surface area contributed by atoms with E-state index in [9.17, 15) is 14.4 Å². The van der Waals surface area contributed by atoms with E-state index >= 15 is 0 Å². The number of methoxy groups -OCH3 is 1. The molecule has 1 N–H and O–H groups in total. The van der Waals surface area contributed by atoms with Crippen molar-refractivity contribution in [2.75, 3.05) is 32.6 Å². The first-order valence-corrected chi connectivity index (χ1v) is 11.7. The fraction of sp³-hybridized carbons (Fsp3) is 0.143. The third-order valence-corrected chi connectivity index (χ3v) is 5.93. The standard InChI is InChI=1S/C28H24ClN3O5/c1-32(16-26(33)31-24-10-6-4-8-22(24)29)27(34)17-37-28(35)21-15-25(18-11-13-19(36-2)14-12-18)30-23-9-5-3-7-20(21)23/h3-15H,16-17H2,1-2H3,(H,31,33). The number of fused-ring (bicyclic) bond motifs is 1. The number of hydrogen-bond acceptors (Lipinski definition) is 6. The van der Waals surface area contributed by atoms with Crippen molar-refractivity contribution in [3.05, 3.63) is 89.4 Å². The highest BCUT2D eigenvalue weighted by molar-refractivity contribution is 6.33.